The molecular weight excluding hydrogens is 538 g/mol. The smallest absolute Gasteiger partial charge is 0.343 e. The summed E-state index contributed by atoms with van der Waals surface area (Å²) in [6, 6.07) is 18.1. The fourth-order valence-electron chi connectivity index (χ4n) is 3.92. The first-order valence-corrected chi connectivity index (χ1v) is 14.1. The molecule has 0 aromatic heterocycles. The number of hydrogen-bond donors (Lipinski definition) is 0. The molecule has 9 heteroatoms. The topological polar surface area (TPSA) is 114 Å². The second-order valence-corrected chi connectivity index (χ2v) is 9.76. The van der Waals surface area contributed by atoms with Gasteiger partial charge < -0.3 is 18.9 Å². The Morgan fingerprint density at radius 2 is 1.36 bits per heavy atom. The molecule has 0 aliphatic rings. The molecule has 3 rings (SSSR count). The number of benzene rings is 3. The van der Waals surface area contributed by atoms with Crippen molar-refractivity contribution in [3.8, 4) is 28.4 Å². The highest BCUT2D eigenvalue weighted by atomic mass is 16.6. The number of carbonyl (C=O) groups excluding carboxylic acids is 2. The molecule has 0 atom stereocenters. The van der Waals surface area contributed by atoms with Crippen LogP contribution in [-0.2, 0) is 9.53 Å². The van der Waals surface area contributed by atoms with Crippen LogP contribution in [0, 0.1) is 10.1 Å². The highest BCUT2D eigenvalue weighted by molar-refractivity contribution is 5.92. The molecule has 0 aliphatic heterocycles. The quantitative estimate of drug-likeness (QED) is 0.0401. The Balaban J connectivity index is 1.54. The monoisotopic (exact) mass is 575 g/mol. The zero-order valence-corrected chi connectivity index (χ0v) is 24.1. The van der Waals surface area contributed by atoms with Gasteiger partial charge in [0.2, 0.25) is 5.75 Å². The molecule has 3 aromatic carbocycles. The number of ether oxygens (including phenoxy) is 4. The number of nitrogens with zero attached hydrogens (tertiary/aromatic N) is 1. The minimum Gasteiger partial charge on any atom is -0.494 e. The van der Waals surface area contributed by atoms with E-state index in [4.69, 9.17) is 18.9 Å². The van der Waals surface area contributed by atoms with E-state index in [-0.39, 0.29) is 23.6 Å². The fourth-order valence-corrected chi connectivity index (χ4v) is 3.92. The highest BCUT2D eigenvalue weighted by Crippen LogP contribution is 2.33. The van der Waals surface area contributed by atoms with Gasteiger partial charge in [0.15, 0.2) is 0 Å². The van der Waals surface area contributed by atoms with E-state index in [0.29, 0.717) is 42.9 Å². The van der Waals surface area contributed by atoms with Crippen LogP contribution < -0.4 is 14.2 Å². The third-order valence-electron chi connectivity index (χ3n) is 6.29. The molecule has 0 saturated heterocycles. The maximum Gasteiger partial charge on any atom is 0.343 e. The van der Waals surface area contributed by atoms with E-state index in [1.807, 2.05) is 24.3 Å². The summed E-state index contributed by atoms with van der Waals surface area (Å²) < 4.78 is 21.8. The summed E-state index contributed by atoms with van der Waals surface area (Å²) >= 11 is 0. The molecule has 0 unspecified atom stereocenters. The van der Waals surface area contributed by atoms with Gasteiger partial charge >= 0.3 is 17.6 Å². The minimum absolute atomic E-state index is 0.145. The molecule has 0 N–H and O–H groups in total. The van der Waals surface area contributed by atoms with Crippen LogP contribution in [0.25, 0.3) is 11.1 Å². The van der Waals surface area contributed by atoms with E-state index in [9.17, 15) is 19.7 Å². The lowest BCUT2D eigenvalue weighted by atomic mass is 10.0. The number of rotatable bonds is 17. The van der Waals surface area contributed by atoms with Gasteiger partial charge in [0.1, 0.15) is 11.5 Å². The van der Waals surface area contributed by atoms with Crippen LogP contribution in [0.3, 0.4) is 0 Å². The van der Waals surface area contributed by atoms with Crippen LogP contribution in [0.4, 0.5) is 5.69 Å². The molecule has 222 valence electrons. The molecule has 0 radical (unpaired) electrons. The Hall–Kier alpha value is -4.66. The first-order valence-electron chi connectivity index (χ1n) is 14.1. The maximum absolute atomic E-state index is 12.7. The lowest BCUT2D eigenvalue weighted by Gasteiger charge is -2.10. The van der Waals surface area contributed by atoms with Crippen molar-refractivity contribution in [2.45, 2.75) is 52.4 Å². The minimum atomic E-state index is -0.725. The van der Waals surface area contributed by atoms with Crippen molar-refractivity contribution < 1.29 is 33.5 Å². The van der Waals surface area contributed by atoms with Crippen LogP contribution in [0.15, 0.2) is 78.9 Å². The second-order valence-electron chi connectivity index (χ2n) is 9.76. The molecule has 3 aromatic rings. The van der Waals surface area contributed by atoms with E-state index in [1.165, 1.54) is 37.1 Å². The van der Waals surface area contributed by atoms with Crippen molar-refractivity contribution in [2.24, 2.45) is 0 Å². The zero-order valence-electron chi connectivity index (χ0n) is 24.1. The fraction of sp³-hybridized carbons (Fsp3) is 0.333. The average Bonchev–Trinajstić information content (AvgIpc) is 2.99. The zero-order chi connectivity index (χ0) is 30.3. The summed E-state index contributed by atoms with van der Waals surface area (Å²) in [5.74, 6) is 0.0104. The second kappa shape index (κ2) is 16.6. The largest absolute Gasteiger partial charge is 0.494 e. The van der Waals surface area contributed by atoms with Gasteiger partial charge in [-0.2, -0.15) is 0 Å². The van der Waals surface area contributed by atoms with Gasteiger partial charge in [0, 0.05) is 11.6 Å². The summed E-state index contributed by atoms with van der Waals surface area (Å²) in [5, 5.41) is 11.8. The van der Waals surface area contributed by atoms with Crippen LogP contribution in [-0.4, -0.2) is 36.7 Å². The van der Waals surface area contributed by atoms with Gasteiger partial charge in [-0.15, -0.1) is 0 Å². The number of nitro benzene ring substituents is 1. The van der Waals surface area contributed by atoms with Crippen LogP contribution in [0.5, 0.6) is 17.2 Å². The average molecular weight is 576 g/mol. The van der Waals surface area contributed by atoms with Crippen molar-refractivity contribution in [2.75, 3.05) is 19.8 Å². The number of unbranched alkanes of at least 4 members (excludes halogenated alkanes) is 4. The van der Waals surface area contributed by atoms with Crippen LogP contribution >= 0.6 is 0 Å². The van der Waals surface area contributed by atoms with Gasteiger partial charge in [0.25, 0.3) is 0 Å². The lowest BCUT2D eigenvalue weighted by Crippen LogP contribution is -2.10. The molecule has 0 fully saturated rings. The van der Waals surface area contributed by atoms with E-state index >= 15 is 0 Å². The normalized spacial score (nSPS) is 10.5. The first-order chi connectivity index (χ1) is 20.3. The molecule has 42 heavy (non-hydrogen) atoms. The van der Waals surface area contributed by atoms with E-state index in [1.54, 1.807) is 25.1 Å². The first kappa shape index (κ1) is 31.9. The van der Waals surface area contributed by atoms with Crippen molar-refractivity contribution >= 4 is 17.6 Å². The summed E-state index contributed by atoms with van der Waals surface area (Å²) in [7, 11) is 0. The van der Waals surface area contributed by atoms with Crippen molar-refractivity contribution in [3.05, 3.63) is 94.6 Å². The Kier molecular flexibility index (Phi) is 12.6. The predicted octanol–water partition coefficient (Wildman–Crippen LogP) is 7.72. The number of hydrogen-bond acceptors (Lipinski definition) is 8. The standard InChI is InChI=1S/C33H37NO8/c1-4-5-6-7-20-39-28-15-10-25(11-16-28)27-14-19-31(30(23-27)34(37)38)42-33(36)26-12-17-29(18-13-26)40-21-8-9-22-41-32(35)24(2)3/h10-19,23H,2,4-9,20-22H2,1,3H3. The third kappa shape index (κ3) is 10.1. The Labute approximate surface area is 246 Å². The van der Waals surface area contributed by atoms with Gasteiger partial charge in [-0.3, -0.25) is 10.1 Å². The number of carbonyl (C=O) groups is 2. The van der Waals surface area contributed by atoms with Crippen molar-refractivity contribution in [3.63, 3.8) is 0 Å². The van der Waals surface area contributed by atoms with E-state index in [0.717, 1.165) is 24.2 Å². The number of nitro groups is 1. The third-order valence-corrected chi connectivity index (χ3v) is 6.29. The molecule has 0 bridgehead atoms. The van der Waals surface area contributed by atoms with Crippen LogP contribution in [0.2, 0.25) is 0 Å². The summed E-state index contributed by atoms with van der Waals surface area (Å²) in [6.45, 7) is 8.62. The highest BCUT2D eigenvalue weighted by Gasteiger charge is 2.20. The molecule has 0 aliphatic carbocycles. The van der Waals surface area contributed by atoms with Crippen molar-refractivity contribution in [1.29, 1.82) is 0 Å². The summed E-state index contributed by atoms with van der Waals surface area (Å²) in [6.07, 6.45) is 5.80. The Morgan fingerprint density at radius 1 is 0.786 bits per heavy atom. The van der Waals surface area contributed by atoms with Gasteiger partial charge in [-0.25, -0.2) is 9.59 Å². The maximum atomic E-state index is 12.7. The number of esters is 2. The summed E-state index contributed by atoms with van der Waals surface area (Å²) in [4.78, 5) is 35.3. The SMILES string of the molecule is C=C(C)C(=O)OCCCCOc1ccc(C(=O)Oc2ccc(-c3ccc(OCCCCCC)cc3)cc2[N+](=O)[O-])cc1. The molecule has 0 amide bonds. The van der Waals surface area contributed by atoms with Gasteiger partial charge in [-0.05, 0) is 79.8 Å². The lowest BCUT2D eigenvalue weighted by molar-refractivity contribution is -0.385. The van der Waals surface area contributed by atoms with E-state index < -0.39 is 16.9 Å². The van der Waals surface area contributed by atoms with Gasteiger partial charge in [0.05, 0.1) is 30.3 Å². The Morgan fingerprint density at radius 3 is 1.95 bits per heavy atom. The van der Waals surface area contributed by atoms with Crippen molar-refractivity contribution in [1.82, 2.24) is 0 Å². The predicted molar refractivity (Wildman–Crippen MR) is 160 cm³/mol. The molecule has 0 spiro atoms. The summed E-state index contributed by atoms with van der Waals surface area (Å²) in [5.41, 5.74) is 1.66. The molecule has 0 saturated carbocycles. The van der Waals surface area contributed by atoms with Crippen LogP contribution in [0.1, 0.15) is 62.7 Å². The molecular formula is C33H37NO8. The van der Waals surface area contributed by atoms with Gasteiger partial charge in [-0.1, -0.05) is 51.0 Å². The van der Waals surface area contributed by atoms with E-state index in [2.05, 4.69) is 13.5 Å². The Bertz CT molecular complexity index is 1350. The molecule has 0 heterocycles. The molecule has 9 nitrogen and oxygen atoms in total.